The number of benzene rings is 1. The van der Waals surface area contributed by atoms with Crippen LogP contribution in [0, 0.1) is 11.8 Å². The molecule has 3 rings (SSSR count). The van der Waals surface area contributed by atoms with Crippen molar-refractivity contribution < 1.29 is 27.6 Å². The quantitative estimate of drug-likeness (QED) is 0.539. The maximum absolute atomic E-state index is 12.4. The predicted octanol–water partition coefficient (Wildman–Crippen LogP) is 0.401. The Kier molecular flexibility index (Phi) is 5.32. The molecular formula is C18H19N3O6S. The van der Waals surface area contributed by atoms with E-state index in [9.17, 15) is 27.6 Å². The molecule has 2 atom stereocenters. The molecule has 2 aliphatic rings. The fraction of sp³-hybridized carbons (Fsp3) is 0.333. The van der Waals surface area contributed by atoms with E-state index in [0.29, 0.717) is 18.5 Å². The van der Waals surface area contributed by atoms with Gasteiger partial charge in [-0.05, 0) is 37.1 Å². The summed E-state index contributed by atoms with van der Waals surface area (Å²) in [5.41, 5.74) is 0.296. The van der Waals surface area contributed by atoms with Crippen LogP contribution in [0.1, 0.15) is 19.8 Å². The monoisotopic (exact) mass is 405 g/mol. The lowest BCUT2D eigenvalue weighted by Gasteiger charge is -2.14. The number of sulfonamides is 1. The molecule has 1 aliphatic carbocycles. The van der Waals surface area contributed by atoms with Gasteiger partial charge in [0.2, 0.25) is 23.6 Å². The number of anilines is 1. The van der Waals surface area contributed by atoms with Gasteiger partial charge >= 0.3 is 0 Å². The van der Waals surface area contributed by atoms with Gasteiger partial charge in [-0.1, -0.05) is 12.2 Å². The van der Waals surface area contributed by atoms with E-state index in [0.717, 1.165) is 11.8 Å². The molecular weight excluding hydrogens is 386 g/mol. The normalized spacial score (nSPS) is 21.4. The minimum Gasteiger partial charge on any atom is -0.325 e. The van der Waals surface area contributed by atoms with E-state index in [1.165, 1.54) is 24.3 Å². The Balaban J connectivity index is 1.63. The first kappa shape index (κ1) is 19.7. The second-order valence-corrected chi connectivity index (χ2v) is 8.34. The summed E-state index contributed by atoms with van der Waals surface area (Å²) in [6.07, 6.45) is 4.73. The zero-order valence-electron chi connectivity index (χ0n) is 15.0. The number of nitrogens with zero attached hydrogens (tertiary/aromatic N) is 1. The lowest BCUT2D eigenvalue weighted by molar-refractivity contribution is -0.142. The molecule has 1 heterocycles. The first-order chi connectivity index (χ1) is 13.2. The van der Waals surface area contributed by atoms with Crippen LogP contribution < -0.4 is 10.0 Å². The molecule has 1 aromatic carbocycles. The van der Waals surface area contributed by atoms with Crippen LogP contribution in [0.2, 0.25) is 0 Å². The number of likely N-dealkylation sites (tertiary alicyclic amines) is 1. The highest BCUT2D eigenvalue weighted by atomic mass is 32.2. The van der Waals surface area contributed by atoms with Gasteiger partial charge in [0.05, 0.1) is 16.7 Å². The summed E-state index contributed by atoms with van der Waals surface area (Å²) in [5, 5.41) is 2.53. The molecule has 2 unspecified atom stereocenters. The van der Waals surface area contributed by atoms with Crippen molar-refractivity contribution in [1.29, 1.82) is 0 Å². The van der Waals surface area contributed by atoms with Crippen molar-refractivity contribution in [2.75, 3.05) is 11.9 Å². The first-order valence-electron chi connectivity index (χ1n) is 8.62. The van der Waals surface area contributed by atoms with Gasteiger partial charge in [0.1, 0.15) is 6.54 Å². The molecule has 0 spiro atoms. The van der Waals surface area contributed by atoms with E-state index in [1.54, 1.807) is 0 Å². The van der Waals surface area contributed by atoms with Crippen molar-refractivity contribution in [3.8, 4) is 0 Å². The number of carbonyl (C=O) groups excluding carboxylic acids is 4. The van der Waals surface area contributed by atoms with Gasteiger partial charge in [-0.3, -0.25) is 24.1 Å². The van der Waals surface area contributed by atoms with E-state index < -0.39 is 40.2 Å². The molecule has 148 valence electrons. The summed E-state index contributed by atoms with van der Waals surface area (Å²) in [4.78, 5) is 48.8. The van der Waals surface area contributed by atoms with Crippen molar-refractivity contribution in [2.24, 2.45) is 11.8 Å². The lowest BCUT2D eigenvalue weighted by atomic mass is 9.85. The highest BCUT2D eigenvalue weighted by Crippen LogP contribution is 2.34. The SMILES string of the molecule is CC(=O)NS(=O)(=O)c1ccc(NC(=O)CN2C(=O)C3CC=CCC3C2=O)cc1. The smallest absolute Gasteiger partial charge is 0.264 e. The fourth-order valence-corrected chi connectivity index (χ4v) is 4.33. The molecule has 1 saturated heterocycles. The van der Waals surface area contributed by atoms with Crippen LogP contribution in [0.25, 0.3) is 0 Å². The molecule has 9 nitrogen and oxygen atoms in total. The van der Waals surface area contributed by atoms with E-state index >= 15 is 0 Å². The standard InChI is InChI=1S/C18H19N3O6S/c1-11(22)20-28(26,27)13-8-6-12(7-9-13)19-16(23)10-21-17(24)14-4-2-3-5-15(14)18(21)25/h2-3,6-9,14-15H,4-5,10H2,1H3,(H,19,23)(H,20,22). The third-order valence-electron chi connectivity index (χ3n) is 4.63. The van der Waals surface area contributed by atoms with E-state index in [-0.39, 0.29) is 16.7 Å². The topological polar surface area (TPSA) is 130 Å². The average molecular weight is 405 g/mol. The van der Waals surface area contributed by atoms with Gasteiger partial charge in [-0.25, -0.2) is 13.1 Å². The van der Waals surface area contributed by atoms with E-state index in [2.05, 4.69) is 5.32 Å². The zero-order chi connectivity index (χ0) is 20.5. The summed E-state index contributed by atoms with van der Waals surface area (Å²) in [6.45, 7) is 0.690. The lowest BCUT2D eigenvalue weighted by Crippen LogP contribution is -2.38. The zero-order valence-corrected chi connectivity index (χ0v) is 15.9. The predicted molar refractivity (Wildman–Crippen MR) is 98.1 cm³/mol. The molecule has 2 N–H and O–H groups in total. The molecule has 1 aliphatic heterocycles. The second kappa shape index (κ2) is 7.55. The number of carbonyl (C=O) groups is 4. The molecule has 0 bridgehead atoms. The Bertz CT molecular complexity index is 942. The van der Waals surface area contributed by atoms with Crippen LogP contribution in [0.4, 0.5) is 5.69 Å². The number of nitrogens with one attached hydrogen (secondary N) is 2. The van der Waals surface area contributed by atoms with Crippen LogP contribution >= 0.6 is 0 Å². The summed E-state index contributed by atoms with van der Waals surface area (Å²) in [6, 6.07) is 5.16. The van der Waals surface area contributed by atoms with Crippen LogP contribution in [-0.4, -0.2) is 43.5 Å². The first-order valence-corrected chi connectivity index (χ1v) is 10.1. The highest BCUT2D eigenvalue weighted by Gasteiger charge is 2.47. The molecule has 28 heavy (non-hydrogen) atoms. The molecule has 0 radical (unpaired) electrons. The molecule has 4 amide bonds. The maximum Gasteiger partial charge on any atom is 0.264 e. The fourth-order valence-electron chi connectivity index (χ4n) is 3.33. The summed E-state index contributed by atoms with van der Waals surface area (Å²) < 4.78 is 25.6. The number of amides is 4. The minimum atomic E-state index is -3.97. The molecule has 1 aromatic rings. The van der Waals surface area contributed by atoms with Crippen molar-refractivity contribution in [2.45, 2.75) is 24.7 Å². The highest BCUT2D eigenvalue weighted by molar-refractivity contribution is 7.90. The Morgan fingerprint density at radius 1 is 1.04 bits per heavy atom. The van der Waals surface area contributed by atoms with Gasteiger partial charge in [-0.2, -0.15) is 0 Å². The van der Waals surface area contributed by atoms with Gasteiger partial charge in [-0.15, -0.1) is 0 Å². The third-order valence-corrected chi connectivity index (χ3v) is 6.08. The van der Waals surface area contributed by atoms with Gasteiger partial charge < -0.3 is 5.32 Å². The van der Waals surface area contributed by atoms with E-state index in [1.807, 2.05) is 16.9 Å². The van der Waals surface area contributed by atoms with Crippen molar-refractivity contribution in [1.82, 2.24) is 9.62 Å². The molecule has 0 saturated carbocycles. The van der Waals surface area contributed by atoms with Crippen molar-refractivity contribution in [3.63, 3.8) is 0 Å². The summed E-state index contributed by atoms with van der Waals surface area (Å²) in [5.74, 6) is -2.76. The number of fused-ring (bicyclic) bond motifs is 1. The van der Waals surface area contributed by atoms with Crippen molar-refractivity contribution >= 4 is 39.3 Å². The number of hydrogen-bond donors (Lipinski definition) is 2. The number of imide groups is 1. The van der Waals surface area contributed by atoms with Gasteiger partial charge in [0, 0.05) is 12.6 Å². The minimum absolute atomic E-state index is 0.137. The van der Waals surface area contributed by atoms with Crippen LogP contribution in [-0.2, 0) is 29.2 Å². The Hall–Kier alpha value is -3.01. The van der Waals surface area contributed by atoms with Gasteiger partial charge in [0.25, 0.3) is 10.0 Å². The Labute approximate surface area is 161 Å². The number of hydrogen-bond acceptors (Lipinski definition) is 6. The Morgan fingerprint density at radius 2 is 1.57 bits per heavy atom. The van der Waals surface area contributed by atoms with Crippen LogP contribution in [0.15, 0.2) is 41.3 Å². The number of rotatable bonds is 5. The average Bonchev–Trinajstić information content (AvgIpc) is 2.86. The Morgan fingerprint density at radius 3 is 2.07 bits per heavy atom. The van der Waals surface area contributed by atoms with E-state index in [4.69, 9.17) is 0 Å². The molecule has 0 aromatic heterocycles. The van der Waals surface area contributed by atoms with Crippen LogP contribution in [0.5, 0.6) is 0 Å². The third kappa shape index (κ3) is 3.96. The summed E-state index contributed by atoms with van der Waals surface area (Å²) in [7, 11) is -3.97. The number of allylic oxidation sites excluding steroid dienone is 2. The summed E-state index contributed by atoms with van der Waals surface area (Å²) >= 11 is 0. The maximum atomic E-state index is 12.4. The van der Waals surface area contributed by atoms with Crippen molar-refractivity contribution in [3.05, 3.63) is 36.4 Å². The van der Waals surface area contributed by atoms with Gasteiger partial charge in [0.15, 0.2) is 0 Å². The van der Waals surface area contributed by atoms with Crippen LogP contribution in [0.3, 0.4) is 0 Å². The largest absolute Gasteiger partial charge is 0.325 e. The molecule has 1 fully saturated rings. The second-order valence-electron chi connectivity index (χ2n) is 6.65. The molecule has 10 heteroatoms.